The molecule has 0 aliphatic heterocycles. The van der Waals surface area contributed by atoms with Gasteiger partial charge in [0.1, 0.15) is 0 Å². The zero-order chi connectivity index (χ0) is 10.4. The van der Waals surface area contributed by atoms with Gasteiger partial charge in [0, 0.05) is 6.08 Å². The van der Waals surface area contributed by atoms with Crippen molar-refractivity contribution in [3.63, 3.8) is 0 Å². The monoisotopic (exact) mass is 196 g/mol. The summed E-state index contributed by atoms with van der Waals surface area (Å²) in [6.45, 7) is 5.33. The summed E-state index contributed by atoms with van der Waals surface area (Å²) in [5.41, 5.74) is 0. The lowest BCUT2D eigenvalue weighted by atomic mass is 10.00. The molecule has 0 aromatic heterocycles. The maximum absolute atomic E-state index is 10.9. The van der Waals surface area contributed by atoms with Crippen molar-refractivity contribution in [1.29, 1.82) is 0 Å². The first kappa shape index (κ1) is 11.3. The summed E-state index contributed by atoms with van der Waals surface area (Å²) in [5.74, 6) is 0.573. The maximum Gasteiger partial charge on any atom is 0.330 e. The first-order chi connectivity index (χ1) is 6.72. The van der Waals surface area contributed by atoms with Crippen LogP contribution in [-0.2, 0) is 9.53 Å². The lowest BCUT2D eigenvalue weighted by Crippen LogP contribution is -2.13. The van der Waals surface area contributed by atoms with Crippen LogP contribution < -0.4 is 0 Å². The third-order valence-electron chi connectivity index (χ3n) is 2.94. The molecule has 1 aliphatic rings. The van der Waals surface area contributed by atoms with E-state index in [0.29, 0.717) is 0 Å². The van der Waals surface area contributed by atoms with Crippen LogP contribution in [-0.4, -0.2) is 12.1 Å². The number of ether oxygens (including phenoxy) is 1. The zero-order valence-corrected chi connectivity index (χ0v) is 9.00. The molecular weight excluding hydrogens is 176 g/mol. The van der Waals surface area contributed by atoms with Gasteiger partial charge in [-0.05, 0) is 25.7 Å². The molecule has 0 amide bonds. The van der Waals surface area contributed by atoms with Gasteiger partial charge in [0.25, 0.3) is 0 Å². The molecule has 1 saturated carbocycles. The topological polar surface area (TPSA) is 26.3 Å². The van der Waals surface area contributed by atoms with E-state index in [1.54, 1.807) is 0 Å². The van der Waals surface area contributed by atoms with E-state index >= 15 is 0 Å². The molecule has 0 radical (unpaired) electrons. The molecule has 2 nitrogen and oxygen atoms in total. The minimum Gasteiger partial charge on any atom is -0.460 e. The third kappa shape index (κ3) is 3.95. The van der Waals surface area contributed by atoms with Crippen LogP contribution in [0.3, 0.4) is 0 Å². The normalized spacial score (nSPS) is 19.2. The minimum atomic E-state index is -0.302. The van der Waals surface area contributed by atoms with Crippen LogP contribution >= 0.6 is 0 Å². The molecular formula is C12H20O2. The molecule has 0 aromatic carbocycles. The van der Waals surface area contributed by atoms with E-state index in [4.69, 9.17) is 4.74 Å². The van der Waals surface area contributed by atoms with Gasteiger partial charge in [-0.3, -0.25) is 0 Å². The van der Waals surface area contributed by atoms with E-state index in [2.05, 4.69) is 6.58 Å². The van der Waals surface area contributed by atoms with Gasteiger partial charge in [0.15, 0.2) is 0 Å². The van der Waals surface area contributed by atoms with Crippen LogP contribution in [0.5, 0.6) is 0 Å². The van der Waals surface area contributed by atoms with Crippen LogP contribution in [0, 0.1) is 5.92 Å². The number of rotatable bonds is 5. The Morgan fingerprint density at radius 2 is 2.21 bits per heavy atom. The predicted octanol–water partition coefficient (Wildman–Crippen LogP) is 3.07. The van der Waals surface area contributed by atoms with Crippen LogP contribution in [0.2, 0.25) is 0 Å². The Morgan fingerprint density at radius 1 is 1.57 bits per heavy atom. The van der Waals surface area contributed by atoms with Gasteiger partial charge < -0.3 is 4.74 Å². The van der Waals surface area contributed by atoms with E-state index in [1.165, 1.54) is 38.2 Å². The first-order valence-electron chi connectivity index (χ1n) is 5.55. The number of carbonyl (C=O) groups is 1. The summed E-state index contributed by atoms with van der Waals surface area (Å²) in [6, 6.07) is 0. The smallest absolute Gasteiger partial charge is 0.330 e. The van der Waals surface area contributed by atoms with E-state index in [0.717, 1.165) is 12.3 Å². The Kier molecular flexibility index (Phi) is 4.71. The second-order valence-corrected chi connectivity index (χ2v) is 4.18. The van der Waals surface area contributed by atoms with E-state index in [9.17, 15) is 4.79 Å². The highest BCUT2D eigenvalue weighted by Crippen LogP contribution is 2.29. The molecule has 0 spiro atoms. The molecule has 0 saturated heterocycles. The van der Waals surface area contributed by atoms with Crippen molar-refractivity contribution in [3.05, 3.63) is 12.7 Å². The van der Waals surface area contributed by atoms with Crippen molar-refractivity contribution in [1.82, 2.24) is 0 Å². The van der Waals surface area contributed by atoms with Crippen LogP contribution in [0.25, 0.3) is 0 Å². The summed E-state index contributed by atoms with van der Waals surface area (Å²) in [7, 11) is 0. The molecule has 14 heavy (non-hydrogen) atoms. The molecule has 1 atom stereocenters. The van der Waals surface area contributed by atoms with Crippen molar-refractivity contribution >= 4 is 5.97 Å². The zero-order valence-electron chi connectivity index (χ0n) is 9.00. The molecule has 1 fully saturated rings. The quantitative estimate of drug-likeness (QED) is 0.499. The van der Waals surface area contributed by atoms with Gasteiger partial charge in [-0.2, -0.15) is 0 Å². The van der Waals surface area contributed by atoms with Gasteiger partial charge in [-0.1, -0.05) is 32.3 Å². The van der Waals surface area contributed by atoms with Crippen molar-refractivity contribution in [2.24, 2.45) is 5.92 Å². The molecule has 1 aliphatic carbocycles. The Bertz CT molecular complexity index is 192. The van der Waals surface area contributed by atoms with Crippen molar-refractivity contribution in [2.45, 2.75) is 51.6 Å². The summed E-state index contributed by atoms with van der Waals surface area (Å²) in [4.78, 5) is 10.9. The Hall–Kier alpha value is -0.790. The van der Waals surface area contributed by atoms with Gasteiger partial charge in [-0.25, -0.2) is 4.79 Å². The number of esters is 1. The first-order valence-corrected chi connectivity index (χ1v) is 5.55. The van der Waals surface area contributed by atoms with Crippen LogP contribution in [0.1, 0.15) is 45.4 Å². The molecule has 0 aromatic rings. The van der Waals surface area contributed by atoms with Crippen molar-refractivity contribution < 1.29 is 9.53 Å². The lowest BCUT2D eigenvalue weighted by molar-refractivity contribution is -0.142. The molecule has 2 heteroatoms. The average Bonchev–Trinajstić information content (AvgIpc) is 2.67. The highest BCUT2D eigenvalue weighted by molar-refractivity contribution is 5.81. The van der Waals surface area contributed by atoms with Crippen LogP contribution in [0.15, 0.2) is 12.7 Å². The fourth-order valence-electron chi connectivity index (χ4n) is 2.07. The summed E-state index contributed by atoms with van der Waals surface area (Å²) in [5, 5.41) is 0. The van der Waals surface area contributed by atoms with Crippen molar-refractivity contribution in [2.75, 3.05) is 0 Å². The molecule has 0 N–H and O–H groups in total. The van der Waals surface area contributed by atoms with Gasteiger partial charge in [-0.15, -0.1) is 0 Å². The number of hydrogen-bond donors (Lipinski definition) is 0. The number of carbonyl (C=O) groups excluding carboxylic acids is 1. The SMILES string of the molecule is C=CC(=O)OC(C)CCC1CCCC1. The summed E-state index contributed by atoms with van der Waals surface area (Å²) >= 11 is 0. The molecule has 80 valence electrons. The second kappa shape index (κ2) is 5.84. The van der Waals surface area contributed by atoms with E-state index in [-0.39, 0.29) is 12.1 Å². The fourth-order valence-corrected chi connectivity index (χ4v) is 2.07. The predicted molar refractivity (Wildman–Crippen MR) is 56.9 cm³/mol. The Morgan fingerprint density at radius 3 is 2.79 bits per heavy atom. The van der Waals surface area contributed by atoms with Crippen LogP contribution in [0.4, 0.5) is 0 Å². The van der Waals surface area contributed by atoms with Crippen molar-refractivity contribution in [3.8, 4) is 0 Å². The Labute approximate surface area is 86.3 Å². The largest absolute Gasteiger partial charge is 0.460 e. The van der Waals surface area contributed by atoms with Gasteiger partial charge in [0.05, 0.1) is 6.10 Å². The Balaban J connectivity index is 2.10. The fraction of sp³-hybridized carbons (Fsp3) is 0.750. The minimum absolute atomic E-state index is 0.0427. The average molecular weight is 196 g/mol. The highest BCUT2D eigenvalue weighted by atomic mass is 16.5. The molecule has 0 bridgehead atoms. The van der Waals surface area contributed by atoms with E-state index < -0.39 is 0 Å². The third-order valence-corrected chi connectivity index (χ3v) is 2.94. The summed E-state index contributed by atoms with van der Waals surface area (Å²) in [6.07, 6.45) is 8.95. The van der Waals surface area contributed by atoms with E-state index in [1.807, 2.05) is 6.92 Å². The summed E-state index contributed by atoms with van der Waals surface area (Å²) < 4.78 is 5.10. The standard InChI is InChI=1S/C12H20O2/c1-3-12(13)14-10(2)8-9-11-6-4-5-7-11/h3,10-11H,1,4-9H2,2H3. The maximum atomic E-state index is 10.9. The second-order valence-electron chi connectivity index (χ2n) is 4.18. The molecule has 1 rings (SSSR count). The molecule has 0 heterocycles. The number of hydrogen-bond acceptors (Lipinski definition) is 2. The van der Waals surface area contributed by atoms with Gasteiger partial charge in [0.2, 0.25) is 0 Å². The highest BCUT2D eigenvalue weighted by Gasteiger charge is 2.16. The molecule has 1 unspecified atom stereocenters. The van der Waals surface area contributed by atoms with Gasteiger partial charge >= 0.3 is 5.97 Å². The lowest BCUT2D eigenvalue weighted by Gasteiger charge is -2.14.